The maximum atomic E-state index is 12.3. The molecule has 2 rings (SSSR count). The van der Waals surface area contributed by atoms with Crippen LogP contribution in [0.1, 0.15) is 5.56 Å². The van der Waals surface area contributed by atoms with Crippen molar-refractivity contribution in [1.29, 1.82) is 0 Å². The quantitative estimate of drug-likeness (QED) is 0.931. The molecular formula is C14H12F2N2O2. The molecule has 0 saturated carbocycles. The fraction of sp³-hybridized carbons (Fsp3) is 0.143. The van der Waals surface area contributed by atoms with E-state index in [4.69, 9.17) is 4.74 Å². The van der Waals surface area contributed by atoms with E-state index in [1.165, 1.54) is 18.3 Å². The standard InChI is InChI=1S/C14H12F2N2O2/c15-12(16)8-10-6-7-17-13(9-10)18-14(19)20-11-4-2-1-3-5-11/h1-7,9,12H,8H2,(H,17,18,19). The normalized spacial score (nSPS) is 10.3. The number of alkyl halides is 2. The molecule has 0 radical (unpaired) electrons. The van der Waals surface area contributed by atoms with Gasteiger partial charge < -0.3 is 4.74 Å². The van der Waals surface area contributed by atoms with Gasteiger partial charge >= 0.3 is 6.09 Å². The second-order valence-electron chi connectivity index (χ2n) is 3.97. The van der Waals surface area contributed by atoms with Crippen molar-refractivity contribution in [2.24, 2.45) is 0 Å². The Balaban J connectivity index is 1.97. The molecule has 0 aliphatic heterocycles. The lowest BCUT2D eigenvalue weighted by Crippen LogP contribution is -2.17. The van der Waals surface area contributed by atoms with Gasteiger partial charge in [-0.3, -0.25) is 5.32 Å². The van der Waals surface area contributed by atoms with Gasteiger partial charge in [-0.05, 0) is 29.8 Å². The minimum Gasteiger partial charge on any atom is -0.410 e. The molecule has 0 unspecified atom stereocenters. The summed E-state index contributed by atoms with van der Waals surface area (Å²) in [5.41, 5.74) is 0.394. The first-order valence-electron chi connectivity index (χ1n) is 5.90. The van der Waals surface area contributed by atoms with Crippen LogP contribution in [0.5, 0.6) is 5.75 Å². The molecule has 0 spiro atoms. The van der Waals surface area contributed by atoms with Gasteiger partial charge in [0.25, 0.3) is 0 Å². The molecule has 0 fully saturated rings. The Morgan fingerprint density at radius 1 is 1.25 bits per heavy atom. The van der Waals surface area contributed by atoms with E-state index < -0.39 is 12.5 Å². The number of para-hydroxylation sites is 1. The number of ether oxygens (including phenoxy) is 1. The first-order valence-corrected chi connectivity index (χ1v) is 5.90. The van der Waals surface area contributed by atoms with Gasteiger partial charge in [-0.2, -0.15) is 0 Å². The summed E-state index contributed by atoms with van der Waals surface area (Å²) in [5.74, 6) is 0.554. The van der Waals surface area contributed by atoms with Gasteiger partial charge in [0.2, 0.25) is 6.43 Å². The zero-order valence-electron chi connectivity index (χ0n) is 10.4. The van der Waals surface area contributed by atoms with Crippen LogP contribution < -0.4 is 10.1 Å². The number of carbonyl (C=O) groups is 1. The lowest BCUT2D eigenvalue weighted by molar-refractivity contribution is 0.149. The van der Waals surface area contributed by atoms with Gasteiger partial charge in [-0.25, -0.2) is 18.6 Å². The number of nitrogens with one attached hydrogen (secondary N) is 1. The fourth-order valence-corrected chi connectivity index (χ4v) is 1.57. The molecule has 4 nitrogen and oxygen atoms in total. The molecule has 1 heterocycles. The lowest BCUT2D eigenvalue weighted by atomic mass is 10.2. The van der Waals surface area contributed by atoms with Gasteiger partial charge in [0.1, 0.15) is 11.6 Å². The highest BCUT2D eigenvalue weighted by Crippen LogP contribution is 2.13. The molecular weight excluding hydrogens is 266 g/mol. The van der Waals surface area contributed by atoms with Crippen LogP contribution in [0.15, 0.2) is 48.7 Å². The monoisotopic (exact) mass is 278 g/mol. The topological polar surface area (TPSA) is 51.2 Å². The highest BCUT2D eigenvalue weighted by Gasteiger charge is 2.08. The maximum Gasteiger partial charge on any atom is 0.418 e. The summed E-state index contributed by atoms with van der Waals surface area (Å²) in [6, 6.07) is 11.4. The van der Waals surface area contributed by atoms with E-state index in [2.05, 4.69) is 10.3 Å². The van der Waals surface area contributed by atoms with Crippen molar-refractivity contribution in [3.63, 3.8) is 0 Å². The number of pyridine rings is 1. The van der Waals surface area contributed by atoms with Crippen molar-refractivity contribution < 1.29 is 18.3 Å². The van der Waals surface area contributed by atoms with Gasteiger partial charge in [-0.15, -0.1) is 0 Å². The Bertz CT molecular complexity index is 576. The van der Waals surface area contributed by atoms with Crippen molar-refractivity contribution in [1.82, 2.24) is 4.98 Å². The number of aromatic nitrogens is 1. The predicted octanol–water partition coefficient (Wildman–Crippen LogP) is 3.50. The first kappa shape index (κ1) is 13.9. The number of anilines is 1. The largest absolute Gasteiger partial charge is 0.418 e. The summed E-state index contributed by atoms with van der Waals surface area (Å²) >= 11 is 0. The van der Waals surface area contributed by atoms with Crippen molar-refractivity contribution in [3.8, 4) is 5.75 Å². The summed E-state index contributed by atoms with van der Waals surface area (Å²) in [4.78, 5) is 15.5. The van der Waals surface area contributed by atoms with Crippen LogP contribution in [0, 0.1) is 0 Å². The van der Waals surface area contributed by atoms with Crippen LogP contribution >= 0.6 is 0 Å². The number of benzene rings is 1. The molecule has 1 aromatic carbocycles. The average molecular weight is 278 g/mol. The van der Waals surface area contributed by atoms with Crippen LogP contribution in [0.3, 0.4) is 0 Å². The third-order valence-electron chi connectivity index (χ3n) is 2.40. The number of nitrogens with zero attached hydrogens (tertiary/aromatic N) is 1. The predicted molar refractivity (Wildman–Crippen MR) is 70.0 cm³/mol. The van der Waals surface area contributed by atoms with Gasteiger partial charge in [0, 0.05) is 12.6 Å². The number of carbonyl (C=O) groups excluding carboxylic acids is 1. The van der Waals surface area contributed by atoms with Crippen LogP contribution in [-0.2, 0) is 6.42 Å². The smallest absolute Gasteiger partial charge is 0.410 e. The molecule has 20 heavy (non-hydrogen) atoms. The number of hydrogen-bond acceptors (Lipinski definition) is 3. The Morgan fingerprint density at radius 3 is 2.70 bits per heavy atom. The Hall–Kier alpha value is -2.50. The summed E-state index contributed by atoms with van der Waals surface area (Å²) in [6.07, 6.45) is -2.19. The van der Waals surface area contributed by atoms with Gasteiger partial charge in [0.05, 0.1) is 0 Å². The van der Waals surface area contributed by atoms with E-state index in [0.717, 1.165) is 0 Å². The minimum atomic E-state index is -2.44. The highest BCUT2D eigenvalue weighted by atomic mass is 19.3. The van der Waals surface area contributed by atoms with E-state index >= 15 is 0 Å². The molecule has 2 aromatic rings. The molecule has 1 N–H and O–H groups in total. The van der Waals surface area contributed by atoms with Crippen LogP contribution in [0.25, 0.3) is 0 Å². The van der Waals surface area contributed by atoms with Crippen LogP contribution in [0.4, 0.5) is 19.4 Å². The van der Waals surface area contributed by atoms with Crippen LogP contribution in [-0.4, -0.2) is 17.5 Å². The molecule has 0 aliphatic rings. The third kappa shape index (κ3) is 4.31. The Kier molecular flexibility index (Phi) is 4.60. The number of rotatable bonds is 4. The molecule has 1 amide bonds. The molecule has 1 aromatic heterocycles. The number of hydrogen-bond donors (Lipinski definition) is 1. The zero-order chi connectivity index (χ0) is 14.4. The van der Waals surface area contributed by atoms with Gasteiger partial charge in [0.15, 0.2) is 0 Å². The second-order valence-corrected chi connectivity index (χ2v) is 3.97. The fourth-order valence-electron chi connectivity index (χ4n) is 1.57. The van der Waals surface area contributed by atoms with Crippen molar-refractivity contribution in [3.05, 3.63) is 54.2 Å². The number of halogens is 2. The maximum absolute atomic E-state index is 12.3. The van der Waals surface area contributed by atoms with Crippen LogP contribution in [0.2, 0.25) is 0 Å². The van der Waals surface area contributed by atoms with E-state index in [9.17, 15) is 13.6 Å². The van der Waals surface area contributed by atoms with Crippen molar-refractivity contribution >= 4 is 11.9 Å². The molecule has 104 valence electrons. The summed E-state index contributed by atoms with van der Waals surface area (Å²) in [5, 5.41) is 2.39. The summed E-state index contributed by atoms with van der Waals surface area (Å²) < 4.78 is 29.5. The first-order chi connectivity index (χ1) is 9.63. The Labute approximate surface area is 114 Å². The van der Waals surface area contributed by atoms with E-state index in [1.54, 1.807) is 30.3 Å². The molecule has 0 saturated heterocycles. The highest BCUT2D eigenvalue weighted by molar-refractivity contribution is 5.85. The lowest BCUT2D eigenvalue weighted by Gasteiger charge is -2.07. The van der Waals surface area contributed by atoms with Crippen molar-refractivity contribution in [2.45, 2.75) is 12.8 Å². The van der Waals surface area contributed by atoms with E-state index in [1.807, 2.05) is 0 Å². The molecule has 0 aliphatic carbocycles. The SMILES string of the molecule is O=C(Nc1cc(CC(F)F)ccn1)Oc1ccccc1. The van der Waals surface area contributed by atoms with E-state index in [-0.39, 0.29) is 12.2 Å². The summed E-state index contributed by atoms with van der Waals surface area (Å²) in [6.45, 7) is 0. The minimum absolute atomic E-state index is 0.170. The molecule has 6 heteroatoms. The Morgan fingerprint density at radius 2 is 2.00 bits per heavy atom. The second kappa shape index (κ2) is 6.60. The zero-order valence-corrected chi connectivity index (χ0v) is 10.4. The summed E-state index contributed by atoms with van der Waals surface area (Å²) in [7, 11) is 0. The average Bonchev–Trinajstić information content (AvgIpc) is 2.39. The third-order valence-corrected chi connectivity index (χ3v) is 2.40. The molecule has 0 atom stereocenters. The number of amides is 1. The van der Waals surface area contributed by atoms with Gasteiger partial charge in [-0.1, -0.05) is 18.2 Å². The molecule has 0 bridgehead atoms. The van der Waals surface area contributed by atoms with E-state index in [0.29, 0.717) is 11.3 Å². The van der Waals surface area contributed by atoms with Crippen molar-refractivity contribution in [2.75, 3.05) is 5.32 Å².